The third-order valence-electron chi connectivity index (χ3n) is 5.54. The number of nitrogens with one attached hydrogen (secondary N) is 2. The number of fused-ring (bicyclic) bond motifs is 2. The van der Waals surface area contributed by atoms with Gasteiger partial charge in [-0.05, 0) is 42.7 Å². The first-order chi connectivity index (χ1) is 17.2. The summed E-state index contributed by atoms with van der Waals surface area (Å²) in [5.74, 6) is 2.67. The van der Waals surface area contributed by atoms with Crippen molar-refractivity contribution >= 4 is 23.1 Å². The molecule has 1 aromatic carbocycles. The molecule has 0 bridgehead atoms. The molecule has 35 heavy (non-hydrogen) atoms. The molecule has 5 rings (SSSR count). The van der Waals surface area contributed by atoms with Crippen molar-refractivity contribution in [3.8, 4) is 22.9 Å². The smallest absolute Gasteiger partial charge is 0.407 e. The molecule has 0 radical (unpaired) electrons. The average molecular weight is 476 g/mol. The van der Waals surface area contributed by atoms with Gasteiger partial charge in [-0.1, -0.05) is 6.07 Å². The molecule has 0 saturated heterocycles. The van der Waals surface area contributed by atoms with Gasteiger partial charge in [0.25, 0.3) is 0 Å². The van der Waals surface area contributed by atoms with E-state index in [-0.39, 0.29) is 6.79 Å². The van der Waals surface area contributed by atoms with Crippen LogP contribution in [0.15, 0.2) is 49.1 Å². The van der Waals surface area contributed by atoms with Gasteiger partial charge in [0.05, 0.1) is 12.9 Å². The third-order valence-corrected chi connectivity index (χ3v) is 5.54. The van der Waals surface area contributed by atoms with Gasteiger partial charge in [-0.2, -0.15) is 0 Å². The van der Waals surface area contributed by atoms with Crippen LogP contribution in [0.25, 0.3) is 22.6 Å². The molecule has 1 aliphatic rings. The number of hydrogen-bond donors (Lipinski definition) is 2. The van der Waals surface area contributed by atoms with E-state index in [4.69, 9.17) is 19.2 Å². The summed E-state index contributed by atoms with van der Waals surface area (Å²) < 4.78 is 17.9. The van der Waals surface area contributed by atoms with Crippen molar-refractivity contribution in [1.29, 1.82) is 0 Å². The molecule has 0 spiro atoms. The number of aryl methyl sites for hydroxylation is 1. The van der Waals surface area contributed by atoms with Gasteiger partial charge in [-0.15, -0.1) is 0 Å². The van der Waals surface area contributed by atoms with E-state index in [9.17, 15) is 4.79 Å². The van der Waals surface area contributed by atoms with Crippen molar-refractivity contribution in [3.63, 3.8) is 0 Å². The fourth-order valence-corrected chi connectivity index (χ4v) is 3.74. The Balaban J connectivity index is 1.11. The monoisotopic (exact) mass is 475 g/mol. The van der Waals surface area contributed by atoms with Crippen molar-refractivity contribution in [3.05, 3.63) is 54.6 Å². The van der Waals surface area contributed by atoms with Crippen molar-refractivity contribution in [2.75, 3.05) is 25.8 Å². The summed E-state index contributed by atoms with van der Waals surface area (Å²) in [6.45, 7) is 1.58. The van der Waals surface area contributed by atoms with E-state index >= 15 is 0 Å². The second-order valence-corrected chi connectivity index (χ2v) is 7.88. The van der Waals surface area contributed by atoms with E-state index in [0.29, 0.717) is 54.8 Å². The second-order valence-electron chi connectivity index (χ2n) is 7.88. The van der Waals surface area contributed by atoms with Crippen LogP contribution in [0.4, 0.5) is 10.6 Å². The molecule has 0 aliphatic carbocycles. The molecule has 180 valence electrons. The Kier molecular flexibility index (Phi) is 6.55. The number of benzene rings is 1. The number of hydrogen-bond acceptors (Lipinski definition) is 9. The number of ether oxygens (including phenoxy) is 3. The Morgan fingerprint density at radius 3 is 2.83 bits per heavy atom. The Morgan fingerprint density at radius 2 is 1.97 bits per heavy atom. The number of carbonyl (C=O) groups excluding carboxylic acids is 1. The molecule has 11 nitrogen and oxygen atoms in total. The first kappa shape index (κ1) is 22.4. The summed E-state index contributed by atoms with van der Waals surface area (Å²) in [6, 6.07) is 9.30. The number of rotatable bonds is 9. The van der Waals surface area contributed by atoms with E-state index in [1.165, 1.54) is 0 Å². The van der Waals surface area contributed by atoms with Crippen molar-refractivity contribution < 1.29 is 19.0 Å². The minimum Gasteiger partial charge on any atom is -0.454 e. The van der Waals surface area contributed by atoms with Crippen LogP contribution in [-0.2, 0) is 17.8 Å². The maximum Gasteiger partial charge on any atom is 0.407 e. The first-order valence-electron chi connectivity index (χ1n) is 11.3. The molecule has 11 heteroatoms. The molecule has 3 aromatic heterocycles. The number of imidazole rings is 1. The van der Waals surface area contributed by atoms with Crippen LogP contribution < -0.4 is 20.1 Å². The van der Waals surface area contributed by atoms with Crippen molar-refractivity contribution in [2.45, 2.75) is 25.9 Å². The molecule has 4 aromatic rings. The van der Waals surface area contributed by atoms with Crippen LogP contribution in [0.3, 0.4) is 0 Å². The Hall–Kier alpha value is -4.41. The lowest BCUT2D eigenvalue weighted by molar-refractivity contribution is 0.143. The molecule has 0 fully saturated rings. The van der Waals surface area contributed by atoms with Crippen LogP contribution >= 0.6 is 0 Å². The lowest BCUT2D eigenvalue weighted by Gasteiger charge is -2.09. The van der Waals surface area contributed by atoms with E-state index in [1.807, 2.05) is 41.9 Å². The Morgan fingerprint density at radius 1 is 1.11 bits per heavy atom. The van der Waals surface area contributed by atoms with E-state index in [2.05, 4.69) is 25.6 Å². The summed E-state index contributed by atoms with van der Waals surface area (Å²) >= 11 is 0. The minimum absolute atomic E-state index is 0.221. The molecule has 0 unspecified atom stereocenters. The number of unbranched alkanes of at least 4 members (excludes halogenated alkanes) is 1. The highest BCUT2D eigenvalue weighted by Crippen LogP contribution is 2.32. The minimum atomic E-state index is -0.454. The largest absolute Gasteiger partial charge is 0.454 e. The van der Waals surface area contributed by atoms with Gasteiger partial charge in [-0.25, -0.2) is 19.7 Å². The number of amides is 1. The van der Waals surface area contributed by atoms with Gasteiger partial charge >= 0.3 is 6.09 Å². The molecule has 2 N–H and O–H groups in total. The summed E-state index contributed by atoms with van der Waals surface area (Å²) in [7, 11) is 1.81. The maximum atomic E-state index is 12.0. The SMILES string of the molecule is CNc1nc(-c2ccncc2)nc2c1ncn2CCCCOC(=O)NCc1ccc2c(c1)OCO2. The van der Waals surface area contributed by atoms with Crippen LogP contribution in [-0.4, -0.2) is 51.0 Å². The number of alkyl carbamates (subject to hydrolysis) is 1. The van der Waals surface area contributed by atoms with Crippen LogP contribution in [0.1, 0.15) is 18.4 Å². The van der Waals surface area contributed by atoms with Crippen LogP contribution in [0.2, 0.25) is 0 Å². The summed E-state index contributed by atoms with van der Waals surface area (Å²) in [6.07, 6.45) is 6.23. The number of nitrogens with zero attached hydrogens (tertiary/aromatic N) is 5. The van der Waals surface area contributed by atoms with Gasteiger partial charge in [0.2, 0.25) is 6.79 Å². The predicted octanol–water partition coefficient (Wildman–Crippen LogP) is 3.37. The Bertz CT molecular complexity index is 1330. The first-order valence-corrected chi connectivity index (χ1v) is 11.3. The zero-order valence-electron chi connectivity index (χ0n) is 19.2. The van der Waals surface area contributed by atoms with E-state index in [0.717, 1.165) is 23.2 Å². The zero-order chi connectivity index (χ0) is 24.0. The Labute approximate surface area is 201 Å². The van der Waals surface area contributed by atoms with Crippen molar-refractivity contribution in [1.82, 2.24) is 29.8 Å². The summed E-state index contributed by atoms with van der Waals surface area (Å²) in [5, 5.41) is 5.85. The van der Waals surface area contributed by atoms with Crippen LogP contribution in [0, 0.1) is 0 Å². The van der Waals surface area contributed by atoms with Crippen molar-refractivity contribution in [2.24, 2.45) is 0 Å². The standard InChI is InChI=1S/C24H25N7O4/c1-25-22-20-23(30-21(29-22)17-6-8-26-9-7-17)31(14-28-20)10-2-3-11-33-24(32)27-13-16-4-5-18-19(12-16)35-15-34-18/h4-9,12,14H,2-3,10-11,13,15H2,1H3,(H,27,32)(H,25,29,30). The molecule has 0 saturated carbocycles. The average Bonchev–Trinajstić information content (AvgIpc) is 3.54. The fraction of sp³-hybridized carbons (Fsp3) is 0.292. The highest BCUT2D eigenvalue weighted by Gasteiger charge is 2.15. The highest BCUT2D eigenvalue weighted by atomic mass is 16.7. The maximum absolute atomic E-state index is 12.0. The third kappa shape index (κ3) is 5.08. The fourth-order valence-electron chi connectivity index (χ4n) is 3.74. The number of pyridine rings is 1. The number of aromatic nitrogens is 5. The van der Waals surface area contributed by atoms with Gasteiger partial charge in [-0.3, -0.25) is 4.98 Å². The quantitative estimate of drug-likeness (QED) is 0.351. The molecular weight excluding hydrogens is 450 g/mol. The van der Waals surface area contributed by atoms with E-state index < -0.39 is 6.09 Å². The van der Waals surface area contributed by atoms with Gasteiger partial charge in [0.1, 0.15) is 5.52 Å². The molecule has 4 heterocycles. The lowest BCUT2D eigenvalue weighted by Crippen LogP contribution is -2.24. The normalized spacial score (nSPS) is 12.0. The summed E-state index contributed by atoms with van der Waals surface area (Å²) in [5.41, 5.74) is 3.25. The van der Waals surface area contributed by atoms with Gasteiger partial charge < -0.3 is 29.4 Å². The van der Waals surface area contributed by atoms with E-state index in [1.54, 1.807) is 18.7 Å². The number of anilines is 1. The number of carbonyl (C=O) groups is 1. The molecule has 0 atom stereocenters. The van der Waals surface area contributed by atoms with Gasteiger partial charge in [0.15, 0.2) is 28.8 Å². The molecular formula is C24H25N7O4. The zero-order valence-corrected chi connectivity index (χ0v) is 19.2. The molecule has 1 aliphatic heterocycles. The summed E-state index contributed by atoms with van der Waals surface area (Å²) in [4.78, 5) is 29.9. The second kappa shape index (κ2) is 10.2. The highest BCUT2D eigenvalue weighted by molar-refractivity contribution is 5.85. The predicted molar refractivity (Wildman–Crippen MR) is 128 cm³/mol. The molecule has 1 amide bonds. The topological polar surface area (TPSA) is 125 Å². The van der Waals surface area contributed by atoms with Crippen LogP contribution in [0.5, 0.6) is 11.5 Å². The lowest BCUT2D eigenvalue weighted by atomic mass is 10.2. The van der Waals surface area contributed by atoms with Gasteiger partial charge in [0, 0.05) is 38.1 Å².